The van der Waals surface area contributed by atoms with Gasteiger partial charge in [0.15, 0.2) is 0 Å². The molecule has 150 valence electrons. The number of pyridine rings is 1. The van der Waals surface area contributed by atoms with Crippen LogP contribution in [0.4, 0.5) is 0 Å². The predicted octanol–water partition coefficient (Wildman–Crippen LogP) is 1.35. The van der Waals surface area contributed by atoms with Crippen LogP contribution in [0.2, 0.25) is 0 Å². The number of aryl methyl sites for hydroxylation is 1. The number of carbonyl (C=O) groups excluding carboxylic acids is 1. The van der Waals surface area contributed by atoms with Crippen molar-refractivity contribution in [1.29, 1.82) is 0 Å². The molecule has 2 fully saturated rings. The maximum Gasteiger partial charge on any atom is 0.291 e. The number of ether oxygens (including phenoxy) is 1. The third-order valence-corrected chi connectivity index (χ3v) is 5.99. The van der Waals surface area contributed by atoms with Gasteiger partial charge in [0.2, 0.25) is 5.82 Å². The third-order valence-electron chi connectivity index (χ3n) is 5.99. The molecule has 2 aliphatic heterocycles. The molecule has 2 aromatic rings. The molecule has 1 spiro atoms. The Morgan fingerprint density at radius 2 is 2.21 bits per heavy atom. The highest BCUT2D eigenvalue weighted by Gasteiger charge is 2.43. The number of hydrogen-bond acceptors (Lipinski definition) is 6. The Labute approximate surface area is 165 Å². The number of amides is 1. The molecule has 4 rings (SSSR count). The summed E-state index contributed by atoms with van der Waals surface area (Å²) in [4.78, 5) is 25.1. The van der Waals surface area contributed by atoms with E-state index in [0.29, 0.717) is 5.82 Å². The Morgan fingerprint density at radius 3 is 2.89 bits per heavy atom. The van der Waals surface area contributed by atoms with E-state index in [1.807, 2.05) is 17.2 Å². The van der Waals surface area contributed by atoms with E-state index in [1.54, 1.807) is 17.9 Å². The fourth-order valence-electron chi connectivity index (χ4n) is 4.39. The predicted molar refractivity (Wildman–Crippen MR) is 104 cm³/mol. The van der Waals surface area contributed by atoms with Gasteiger partial charge in [0.05, 0.1) is 12.7 Å². The number of likely N-dealkylation sites (N-methyl/N-ethyl adjacent to an activating group) is 1. The van der Waals surface area contributed by atoms with E-state index in [9.17, 15) is 4.79 Å². The van der Waals surface area contributed by atoms with Crippen LogP contribution in [0.25, 0.3) is 0 Å². The van der Waals surface area contributed by atoms with E-state index >= 15 is 0 Å². The molecule has 4 heterocycles. The molecular weight excluding hydrogens is 356 g/mol. The summed E-state index contributed by atoms with van der Waals surface area (Å²) in [6, 6.07) is 4.07. The normalized spacial score (nSPS) is 21.5. The fraction of sp³-hybridized carbons (Fsp3) is 0.600. The van der Waals surface area contributed by atoms with Gasteiger partial charge in [-0.1, -0.05) is 6.07 Å². The molecule has 8 heteroatoms. The van der Waals surface area contributed by atoms with Crippen LogP contribution in [0.5, 0.6) is 0 Å². The summed E-state index contributed by atoms with van der Waals surface area (Å²) in [7, 11) is 3.88. The molecule has 1 atom stereocenters. The Hall–Kier alpha value is -2.32. The first-order valence-corrected chi connectivity index (χ1v) is 9.87. The zero-order valence-corrected chi connectivity index (χ0v) is 16.6. The minimum absolute atomic E-state index is 0.0264. The van der Waals surface area contributed by atoms with E-state index in [4.69, 9.17) is 4.74 Å². The first-order chi connectivity index (χ1) is 13.5. The molecule has 28 heavy (non-hydrogen) atoms. The quantitative estimate of drug-likeness (QED) is 0.775. The lowest BCUT2D eigenvalue weighted by molar-refractivity contribution is 0.0447. The van der Waals surface area contributed by atoms with E-state index in [0.717, 1.165) is 52.0 Å². The summed E-state index contributed by atoms with van der Waals surface area (Å²) >= 11 is 0. The van der Waals surface area contributed by atoms with Gasteiger partial charge in [0.25, 0.3) is 5.91 Å². The van der Waals surface area contributed by atoms with Crippen molar-refractivity contribution < 1.29 is 9.53 Å². The molecule has 0 saturated carbocycles. The molecule has 1 amide bonds. The zero-order valence-electron chi connectivity index (χ0n) is 16.6. The first-order valence-electron chi connectivity index (χ1n) is 9.87. The van der Waals surface area contributed by atoms with E-state index in [1.165, 1.54) is 11.9 Å². The van der Waals surface area contributed by atoms with Crippen molar-refractivity contribution in [2.75, 3.05) is 33.3 Å². The number of nitrogens with zero attached hydrogens (tertiary/aromatic N) is 6. The van der Waals surface area contributed by atoms with Gasteiger partial charge in [-0.3, -0.25) is 14.7 Å². The fourth-order valence-corrected chi connectivity index (χ4v) is 4.39. The van der Waals surface area contributed by atoms with Gasteiger partial charge in [-0.05, 0) is 43.4 Å². The lowest BCUT2D eigenvalue weighted by atomic mass is 9.76. The van der Waals surface area contributed by atoms with E-state index in [2.05, 4.69) is 33.1 Å². The van der Waals surface area contributed by atoms with Crippen LogP contribution in [0.15, 0.2) is 30.9 Å². The molecule has 2 aliphatic rings. The van der Waals surface area contributed by atoms with Crippen molar-refractivity contribution >= 4 is 5.91 Å². The average molecular weight is 384 g/mol. The van der Waals surface area contributed by atoms with Gasteiger partial charge in [0, 0.05) is 45.6 Å². The van der Waals surface area contributed by atoms with E-state index < -0.39 is 0 Å². The molecule has 0 radical (unpaired) electrons. The average Bonchev–Trinajstić information content (AvgIpc) is 3.29. The number of likely N-dealkylation sites (tertiary alicyclic amines) is 1. The second-order valence-corrected chi connectivity index (χ2v) is 8.19. The summed E-state index contributed by atoms with van der Waals surface area (Å²) in [6.07, 6.45) is 8.43. The van der Waals surface area contributed by atoms with Crippen LogP contribution in [0.3, 0.4) is 0 Å². The molecule has 0 unspecified atom stereocenters. The molecule has 0 N–H and O–H groups in total. The van der Waals surface area contributed by atoms with Crippen molar-refractivity contribution in [3.63, 3.8) is 0 Å². The van der Waals surface area contributed by atoms with Crippen LogP contribution in [0, 0.1) is 5.41 Å². The van der Waals surface area contributed by atoms with Crippen molar-refractivity contribution in [3.05, 3.63) is 42.2 Å². The Balaban J connectivity index is 1.27. The number of hydrogen-bond donors (Lipinski definition) is 0. The third kappa shape index (κ3) is 4.07. The van der Waals surface area contributed by atoms with Crippen molar-refractivity contribution in [3.8, 4) is 0 Å². The molecular formula is C20H28N6O2. The molecule has 2 aromatic heterocycles. The van der Waals surface area contributed by atoms with Crippen LogP contribution in [0.1, 0.15) is 35.4 Å². The largest absolute Gasteiger partial charge is 0.376 e. The second-order valence-electron chi connectivity index (χ2n) is 8.19. The second kappa shape index (κ2) is 7.97. The maximum atomic E-state index is 12.6. The summed E-state index contributed by atoms with van der Waals surface area (Å²) in [5, 5.41) is 4.00. The summed E-state index contributed by atoms with van der Waals surface area (Å²) in [5.74, 6) is 0.384. The number of rotatable bonds is 5. The van der Waals surface area contributed by atoms with Gasteiger partial charge in [-0.15, -0.1) is 0 Å². The van der Waals surface area contributed by atoms with E-state index in [-0.39, 0.29) is 17.4 Å². The molecule has 0 aliphatic carbocycles. The Morgan fingerprint density at radius 1 is 1.39 bits per heavy atom. The number of aromatic nitrogens is 4. The molecule has 8 nitrogen and oxygen atoms in total. The van der Waals surface area contributed by atoms with Crippen LogP contribution in [-0.4, -0.2) is 74.8 Å². The van der Waals surface area contributed by atoms with Gasteiger partial charge in [-0.25, -0.2) is 9.67 Å². The topological polar surface area (TPSA) is 76.4 Å². The number of carbonyl (C=O) groups is 1. The Kier molecular flexibility index (Phi) is 5.41. The van der Waals surface area contributed by atoms with Gasteiger partial charge >= 0.3 is 0 Å². The summed E-state index contributed by atoms with van der Waals surface area (Å²) in [6.45, 7) is 4.10. The van der Waals surface area contributed by atoms with Crippen molar-refractivity contribution in [2.24, 2.45) is 12.5 Å². The Bertz CT molecular complexity index is 800. The van der Waals surface area contributed by atoms with Gasteiger partial charge in [0.1, 0.15) is 6.33 Å². The summed E-state index contributed by atoms with van der Waals surface area (Å²) < 4.78 is 7.70. The van der Waals surface area contributed by atoms with Crippen molar-refractivity contribution in [2.45, 2.75) is 31.9 Å². The first kappa shape index (κ1) is 19.0. The zero-order chi connectivity index (χ0) is 19.6. The minimum atomic E-state index is -0.0264. The van der Waals surface area contributed by atoms with Gasteiger partial charge < -0.3 is 9.64 Å². The standard InChI is InChI=1S/C20H28N6O2/c1-24(12-16-4-3-7-21-11-16)13-17-10-20(14-28-17)5-8-26(9-6-20)19(27)18-22-15-23-25(18)2/h3-4,7,11,15,17H,5-6,8-10,12-14H2,1-2H3/t17-/m1/s1. The number of piperidine rings is 1. The lowest BCUT2D eigenvalue weighted by Crippen LogP contribution is -2.44. The monoisotopic (exact) mass is 384 g/mol. The van der Waals surface area contributed by atoms with Crippen LogP contribution in [-0.2, 0) is 18.3 Å². The lowest BCUT2D eigenvalue weighted by Gasteiger charge is -2.38. The van der Waals surface area contributed by atoms with Crippen LogP contribution >= 0.6 is 0 Å². The van der Waals surface area contributed by atoms with Gasteiger partial charge in [-0.2, -0.15) is 5.10 Å². The van der Waals surface area contributed by atoms with Crippen LogP contribution < -0.4 is 0 Å². The highest BCUT2D eigenvalue weighted by Crippen LogP contribution is 2.42. The van der Waals surface area contributed by atoms with Crippen molar-refractivity contribution in [1.82, 2.24) is 29.5 Å². The molecule has 0 bridgehead atoms. The highest BCUT2D eigenvalue weighted by molar-refractivity contribution is 5.90. The SMILES string of the molecule is CN(Cc1cccnc1)C[C@H]1CC2(CCN(C(=O)c3ncnn3C)CC2)CO1. The minimum Gasteiger partial charge on any atom is -0.376 e. The molecule has 0 aromatic carbocycles. The molecule has 2 saturated heterocycles. The summed E-state index contributed by atoms with van der Waals surface area (Å²) in [5.41, 5.74) is 1.42. The highest BCUT2D eigenvalue weighted by atomic mass is 16.5. The maximum absolute atomic E-state index is 12.6. The smallest absolute Gasteiger partial charge is 0.291 e.